The zero-order valence-electron chi connectivity index (χ0n) is 19.7. The predicted octanol–water partition coefficient (Wildman–Crippen LogP) is 4.66. The second kappa shape index (κ2) is 11.4. The van der Waals surface area contributed by atoms with Crippen LogP contribution in [0.3, 0.4) is 0 Å². The van der Waals surface area contributed by atoms with Gasteiger partial charge in [0.05, 0.1) is 0 Å². The van der Waals surface area contributed by atoms with Crippen LogP contribution in [0.15, 0.2) is 42.5 Å². The molecule has 2 N–H and O–H groups in total. The molecular weight excluding hydrogens is 427 g/mol. The van der Waals surface area contributed by atoms with Gasteiger partial charge in [0, 0.05) is 12.6 Å². The fourth-order valence-corrected chi connectivity index (χ4v) is 3.10. The lowest BCUT2D eigenvalue weighted by Gasteiger charge is -2.23. The molecule has 2 amide bonds. The number of anilines is 1. The van der Waals surface area contributed by atoms with E-state index in [1.807, 2.05) is 30.3 Å². The van der Waals surface area contributed by atoms with E-state index in [4.69, 9.17) is 9.47 Å². The van der Waals surface area contributed by atoms with Gasteiger partial charge in [-0.25, -0.2) is 14.0 Å². The van der Waals surface area contributed by atoms with Crippen LogP contribution in [-0.4, -0.2) is 29.6 Å². The first-order valence-corrected chi connectivity index (χ1v) is 10.7. The van der Waals surface area contributed by atoms with Gasteiger partial charge >= 0.3 is 12.1 Å². The first-order chi connectivity index (χ1) is 15.4. The number of nitrogens with one attached hydrogen (secondary N) is 2. The molecule has 2 aromatic carbocycles. The third-order valence-corrected chi connectivity index (χ3v) is 4.67. The third kappa shape index (κ3) is 8.92. The summed E-state index contributed by atoms with van der Waals surface area (Å²) in [5.41, 5.74) is 1.39. The van der Waals surface area contributed by atoms with Gasteiger partial charge in [-0.1, -0.05) is 30.3 Å². The van der Waals surface area contributed by atoms with Crippen molar-refractivity contribution < 1.29 is 28.2 Å². The summed E-state index contributed by atoms with van der Waals surface area (Å²) >= 11 is 0. The molecule has 178 valence electrons. The van der Waals surface area contributed by atoms with E-state index in [2.05, 4.69) is 10.6 Å². The van der Waals surface area contributed by atoms with E-state index in [1.54, 1.807) is 33.8 Å². The molecule has 8 heteroatoms. The van der Waals surface area contributed by atoms with Gasteiger partial charge in [-0.3, -0.25) is 4.79 Å². The van der Waals surface area contributed by atoms with Crippen molar-refractivity contribution in [3.63, 3.8) is 0 Å². The highest BCUT2D eigenvalue weighted by Crippen LogP contribution is 2.22. The van der Waals surface area contributed by atoms with Crippen molar-refractivity contribution >= 4 is 23.7 Å². The Hall–Kier alpha value is -3.42. The van der Waals surface area contributed by atoms with E-state index < -0.39 is 29.5 Å². The van der Waals surface area contributed by atoms with Crippen molar-refractivity contribution in [3.05, 3.63) is 65.0 Å². The van der Waals surface area contributed by atoms with Gasteiger partial charge < -0.3 is 20.1 Å². The summed E-state index contributed by atoms with van der Waals surface area (Å²) in [5.74, 6) is -1.42. The summed E-state index contributed by atoms with van der Waals surface area (Å²) < 4.78 is 25.0. The number of carbonyl (C=O) groups excluding carboxylic acids is 3. The zero-order chi connectivity index (χ0) is 24.6. The number of alkyl carbamates (subject to hydrolysis) is 1. The molecule has 0 spiro atoms. The Morgan fingerprint density at radius 3 is 2.36 bits per heavy atom. The maximum absolute atomic E-state index is 14.3. The average molecular weight is 459 g/mol. The number of halogens is 1. The molecule has 0 radical (unpaired) electrons. The van der Waals surface area contributed by atoms with Crippen molar-refractivity contribution in [3.8, 4) is 0 Å². The summed E-state index contributed by atoms with van der Waals surface area (Å²) in [6.07, 6.45) is -0.340. The highest BCUT2D eigenvalue weighted by molar-refractivity contribution is 5.88. The van der Waals surface area contributed by atoms with Crippen molar-refractivity contribution in [2.45, 2.75) is 65.7 Å². The Bertz CT molecular complexity index is 986. The number of amides is 2. The van der Waals surface area contributed by atoms with E-state index in [0.717, 1.165) is 5.56 Å². The normalized spacial score (nSPS) is 11.9. The van der Waals surface area contributed by atoms with Crippen LogP contribution in [-0.2, 0) is 32.1 Å². The maximum atomic E-state index is 14.3. The van der Waals surface area contributed by atoms with Gasteiger partial charge in [0.15, 0.2) is 0 Å². The summed E-state index contributed by atoms with van der Waals surface area (Å²) in [6, 6.07) is 11.1. The Labute approximate surface area is 193 Å². The molecule has 2 rings (SSSR count). The first kappa shape index (κ1) is 25.8. The van der Waals surface area contributed by atoms with E-state index in [1.165, 1.54) is 13.0 Å². The highest BCUT2D eigenvalue weighted by Gasteiger charge is 2.26. The number of hydrogen-bond acceptors (Lipinski definition) is 5. The van der Waals surface area contributed by atoms with Crippen LogP contribution in [0.4, 0.5) is 14.9 Å². The quantitative estimate of drug-likeness (QED) is 0.561. The van der Waals surface area contributed by atoms with E-state index >= 15 is 0 Å². The zero-order valence-corrected chi connectivity index (χ0v) is 19.7. The van der Waals surface area contributed by atoms with Crippen LogP contribution in [0.5, 0.6) is 0 Å². The Morgan fingerprint density at radius 1 is 1.09 bits per heavy atom. The van der Waals surface area contributed by atoms with Gasteiger partial charge in [0.1, 0.15) is 24.1 Å². The number of ether oxygens (including phenoxy) is 2. The number of esters is 1. The van der Waals surface area contributed by atoms with Crippen molar-refractivity contribution in [2.24, 2.45) is 0 Å². The number of rotatable bonds is 8. The molecule has 0 aliphatic carbocycles. The van der Waals surface area contributed by atoms with Crippen LogP contribution < -0.4 is 10.6 Å². The molecule has 0 bridgehead atoms. The molecule has 7 nitrogen and oxygen atoms in total. The summed E-state index contributed by atoms with van der Waals surface area (Å²) in [4.78, 5) is 36.4. The van der Waals surface area contributed by atoms with Gasteiger partial charge in [0.2, 0.25) is 5.91 Å². The minimum absolute atomic E-state index is 0.0534. The number of hydrogen-bond donors (Lipinski definition) is 2. The van der Waals surface area contributed by atoms with Gasteiger partial charge in [-0.2, -0.15) is 0 Å². The molecule has 0 unspecified atom stereocenters. The minimum atomic E-state index is -1.00. The highest BCUT2D eigenvalue weighted by atomic mass is 19.1. The summed E-state index contributed by atoms with van der Waals surface area (Å²) in [7, 11) is 0. The smallest absolute Gasteiger partial charge is 0.408 e. The molecule has 33 heavy (non-hydrogen) atoms. The molecule has 0 fully saturated rings. The lowest BCUT2D eigenvalue weighted by atomic mass is 9.99. The number of benzene rings is 2. The van der Waals surface area contributed by atoms with Crippen LogP contribution in [0.25, 0.3) is 0 Å². The third-order valence-electron chi connectivity index (χ3n) is 4.67. The summed E-state index contributed by atoms with van der Waals surface area (Å²) in [5, 5.41) is 5.12. The topological polar surface area (TPSA) is 93.7 Å². The maximum Gasteiger partial charge on any atom is 0.408 e. The van der Waals surface area contributed by atoms with Crippen molar-refractivity contribution in [2.75, 3.05) is 5.32 Å². The Kier molecular flexibility index (Phi) is 8.96. The number of aryl methyl sites for hydroxylation is 1. The fraction of sp³-hybridized carbons (Fsp3) is 0.400. The second-order valence-electron chi connectivity index (χ2n) is 8.75. The number of carbonyl (C=O) groups is 3. The van der Waals surface area contributed by atoms with Crippen LogP contribution in [0.2, 0.25) is 0 Å². The van der Waals surface area contributed by atoms with Crippen LogP contribution >= 0.6 is 0 Å². The van der Waals surface area contributed by atoms with E-state index in [9.17, 15) is 18.8 Å². The van der Waals surface area contributed by atoms with Gasteiger partial charge in [0.25, 0.3) is 0 Å². The lowest BCUT2D eigenvalue weighted by Crippen LogP contribution is -2.44. The largest absolute Gasteiger partial charge is 0.459 e. The molecular formula is C25H31FN2O5. The molecule has 1 atom stereocenters. The minimum Gasteiger partial charge on any atom is -0.459 e. The van der Waals surface area contributed by atoms with Crippen molar-refractivity contribution in [1.82, 2.24) is 5.32 Å². The molecule has 0 heterocycles. The molecule has 0 saturated heterocycles. The van der Waals surface area contributed by atoms with Gasteiger partial charge in [-0.05, 0) is 69.4 Å². The molecule has 0 aliphatic rings. The summed E-state index contributed by atoms with van der Waals surface area (Å²) in [6.45, 7) is 8.16. The SMILES string of the molecule is CC(=O)Nc1cc(F)c(C)c(CC[C@H](NC(=O)OC(C)(C)C)C(=O)OCc2ccccc2)c1. The van der Waals surface area contributed by atoms with Crippen LogP contribution in [0.1, 0.15) is 50.8 Å². The molecule has 0 aromatic heterocycles. The Balaban J connectivity index is 2.15. The fourth-order valence-electron chi connectivity index (χ4n) is 3.10. The second-order valence-corrected chi connectivity index (χ2v) is 8.75. The lowest BCUT2D eigenvalue weighted by molar-refractivity contribution is -0.147. The van der Waals surface area contributed by atoms with Crippen molar-refractivity contribution in [1.29, 1.82) is 0 Å². The molecule has 2 aromatic rings. The average Bonchev–Trinajstić information content (AvgIpc) is 2.71. The first-order valence-electron chi connectivity index (χ1n) is 10.7. The monoisotopic (exact) mass is 458 g/mol. The van der Waals surface area contributed by atoms with E-state index in [-0.39, 0.29) is 25.4 Å². The standard InChI is InChI=1S/C25H31FN2O5/c1-16-19(13-20(14-21(16)26)27-17(2)29)11-12-22(28-24(31)33-25(3,4)5)23(30)32-15-18-9-7-6-8-10-18/h6-10,13-14,22H,11-12,15H2,1-5H3,(H,27,29)(H,28,31)/t22-/m0/s1. The molecule has 0 saturated carbocycles. The Morgan fingerprint density at radius 2 is 1.76 bits per heavy atom. The van der Waals surface area contributed by atoms with Crippen LogP contribution in [0, 0.1) is 12.7 Å². The molecule has 0 aliphatic heterocycles. The van der Waals surface area contributed by atoms with E-state index in [0.29, 0.717) is 16.8 Å². The van der Waals surface area contributed by atoms with Gasteiger partial charge in [-0.15, -0.1) is 0 Å². The predicted molar refractivity (Wildman–Crippen MR) is 123 cm³/mol.